The monoisotopic (exact) mass is 314 g/mol. The van der Waals surface area contributed by atoms with Crippen LogP contribution in [0.15, 0.2) is 16.9 Å². The summed E-state index contributed by atoms with van der Waals surface area (Å²) in [6.07, 6.45) is 1.34. The van der Waals surface area contributed by atoms with Crippen LogP contribution < -0.4 is 5.32 Å². The third-order valence-electron chi connectivity index (χ3n) is 3.40. The molecule has 2 heterocycles. The Morgan fingerprint density at radius 3 is 2.91 bits per heavy atom. The molecule has 6 nitrogen and oxygen atoms in total. The molecule has 0 fully saturated rings. The van der Waals surface area contributed by atoms with E-state index >= 15 is 0 Å². The van der Waals surface area contributed by atoms with Gasteiger partial charge in [0.25, 0.3) is 5.91 Å². The Labute approximate surface area is 123 Å². The van der Waals surface area contributed by atoms with Gasteiger partial charge in [-0.15, -0.1) is 0 Å². The Balaban J connectivity index is 1.71. The van der Waals surface area contributed by atoms with Crippen LogP contribution in [0, 0.1) is 0 Å². The highest BCUT2D eigenvalue weighted by Crippen LogP contribution is 2.25. The van der Waals surface area contributed by atoms with Crippen LogP contribution in [0.1, 0.15) is 34.7 Å². The predicted molar refractivity (Wildman–Crippen MR) is 69.4 cm³/mol. The summed E-state index contributed by atoms with van der Waals surface area (Å²) in [6, 6.07) is 0. The Morgan fingerprint density at radius 1 is 1.36 bits per heavy atom. The lowest BCUT2D eigenvalue weighted by Crippen LogP contribution is -2.18. The number of hydrogen-bond donors (Lipinski definition) is 1. The maximum Gasteiger partial charge on any atom is 0.408 e. The van der Waals surface area contributed by atoms with E-state index in [1.807, 2.05) is 0 Å². The largest absolute Gasteiger partial charge is 0.408 e. The first kappa shape index (κ1) is 14.6. The van der Waals surface area contributed by atoms with Gasteiger partial charge in [0.2, 0.25) is 0 Å². The van der Waals surface area contributed by atoms with Crippen molar-refractivity contribution in [2.24, 2.45) is 0 Å². The molecule has 0 unspecified atom stereocenters. The zero-order valence-corrected chi connectivity index (χ0v) is 11.5. The minimum absolute atomic E-state index is 0.182. The van der Waals surface area contributed by atoms with Gasteiger partial charge in [0, 0.05) is 18.2 Å². The molecule has 0 saturated heterocycles. The van der Waals surface area contributed by atoms with Crippen molar-refractivity contribution in [1.29, 1.82) is 0 Å². The van der Waals surface area contributed by atoms with Crippen LogP contribution >= 0.6 is 0 Å². The van der Waals surface area contributed by atoms with Crippen LogP contribution in [0.25, 0.3) is 0 Å². The summed E-state index contributed by atoms with van der Waals surface area (Å²) in [6.45, 7) is -1.21. The molecule has 0 radical (unpaired) electrons. The van der Waals surface area contributed by atoms with E-state index in [1.54, 1.807) is 0 Å². The first-order chi connectivity index (χ1) is 10.4. The predicted octanol–water partition coefficient (Wildman–Crippen LogP) is 2.56. The average Bonchev–Trinajstić information content (AvgIpc) is 3.03. The van der Waals surface area contributed by atoms with E-state index in [9.17, 15) is 18.0 Å². The lowest BCUT2D eigenvalue weighted by molar-refractivity contribution is -0.142. The minimum Gasteiger partial charge on any atom is -0.360 e. The Hall–Kier alpha value is -2.32. The summed E-state index contributed by atoms with van der Waals surface area (Å²) >= 11 is 0. The fourth-order valence-corrected chi connectivity index (χ4v) is 2.45. The molecule has 0 aromatic carbocycles. The van der Waals surface area contributed by atoms with E-state index in [-0.39, 0.29) is 11.4 Å². The molecule has 3 rings (SSSR count). The van der Waals surface area contributed by atoms with Gasteiger partial charge in [0.15, 0.2) is 5.69 Å². The minimum atomic E-state index is -4.36. The normalized spacial score (nSPS) is 14.7. The third kappa shape index (κ3) is 3.12. The third-order valence-corrected chi connectivity index (χ3v) is 3.40. The van der Waals surface area contributed by atoms with Crippen molar-refractivity contribution >= 4 is 11.6 Å². The van der Waals surface area contributed by atoms with Gasteiger partial charge in [-0.25, -0.2) is 0 Å². The van der Waals surface area contributed by atoms with E-state index in [0.717, 1.165) is 43.6 Å². The standard InChI is InChI=1S/C13H13F3N4O2/c14-13(15,16)7-20-6-8(5-17-20)18-12(21)11-9-3-1-2-4-10(9)22-19-11/h5-6H,1-4,7H2,(H,18,21). The van der Waals surface area contributed by atoms with Gasteiger partial charge in [0.1, 0.15) is 12.3 Å². The highest BCUT2D eigenvalue weighted by atomic mass is 19.4. The fourth-order valence-electron chi connectivity index (χ4n) is 2.45. The smallest absolute Gasteiger partial charge is 0.360 e. The molecule has 9 heteroatoms. The van der Waals surface area contributed by atoms with E-state index in [4.69, 9.17) is 4.52 Å². The summed E-state index contributed by atoms with van der Waals surface area (Å²) in [7, 11) is 0. The average molecular weight is 314 g/mol. The number of carbonyl (C=O) groups is 1. The molecule has 0 bridgehead atoms. The highest BCUT2D eigenvalue weighted by molar-refractivity contribution is 6.03. The summed E-state index contributed by atoms with van der Waals surface area (Å²) < 4.78 is 42.6. The quantitative estimate of drug-likeness (QED) is 0.945. The molecule has 1 N–H and O–H groups in total. The molecular weight excluding hydrogens is 301 g/mol. The molecule has 1 aliphatic rings. The van der Waals surface area contributed by atoms with Crippen molar-refractivity contribution in [3.8, 4) is 0 Å². The number of halogens is 3. The molecule has 2 aromatic rings. The summed E-state index contributed by atoms with van der Waals surface area (Å²) in [5.74, 6) is 0.211. The second kappa shape index (κ2) is 5.47. The van der Waals surface area contributed by atoms with Gasteiger partial charge in [-0.2, -0.15) is 18.3 Å². The molecule has 118 valence electrons. The number of nitrogens with zero attached hydrogens (tertiary/aromatic N) is 3. The van der Waals surface area contributed by atoms with E-state index in [2.05, 4.69) is 15.6 Å². The van der Waals surface area contributed by atoms with E-state index in [0.29, 0.717) is 10.4 Å². The Kier molecular flexibility index (Phi) is 3.63. The molecule has 0 aliphatic heterocycles. The van der Waals surface area contributed by atoms with Crippen LogP contribution in [0.4, 0.5) is 18.9 Å². The van der Waals surface area contributed by atoms with Crippen LogP contribution in [0.2, 0.25) is 0 Å². The number of alkyl halides is 3. The van der Waals surface area contributed by atoms with Crippen molar-refractivity contribution in [2.45, 2.75) is 38.4 Å². The highest BCUT2D eigenvalue weighted by Gasteiger charge is 2.29. The van der Waals surface area contributed by atoms with Crippen molar-refractivity contribution < 1.29 is 22.5 Å². The van der Waals surface area contributed by atoms with Gasteiger partial charge in [-0.3, -0.25) is 9.48 Å². The van der Waals surface area contributed by atoms with Gasteiger partial charge in [0.05, 0.1) is 11.9 Å². The maximum absolute atomic E-state index is 12.3. The fraction of sp³-hybridized carbons (Fsp3) is 0.462. The van der Waals surface area contributed by atoms with Gasteiger partial charge < -0.3 is 9.84 Å². The van der Waals surface area contributed by atoms with Crippen LogP contribution in [-0.2, 0) is 19.4 Å². The van der Waals surface area contributed by atoms with Crippen LogP contribution in [-0.4, -0.2) is 27.0 Å². The number of hydrogen-bond acceptors (Lipinski definition) is 4. The Morgan fingerprint density at radius 2 is 2.14 bits per heavy atom. The van der Waals surface area contributed by atoms with Gasteiger partial charge >= 0.3 is 6.18 Å². The Bertz CT molecular complexity index is 690. The summed E-state index contributed by atoms with van der Waals surface area (Å²) in [5, 5.41) is 9.82. The number of anilines is 1. The molecule has 2 aromatic heterocycles. The van der Waals surface area contributed by atoms with Crippen LogP contribution in [0.5, 0.6) is 0 Å². The molecule has 1 amide bonds. The number of amides is 1. The number of nitrogens with one attached hydrogen (secondary N) is 1. The molecule has 0 atom stereocenters. The zero-order valence-electron chi connectivity index (χ0n) is 11.5. The number of carbonyl (C=O) groups excluding carboxylic acids is 1. The number of fused-ring (bicyclic) bond motifs is 1. The van der Waals surface area contributed by atoms with Crippen molar-refractivity contribution in [3.63, 3.8) is 0 Å². The lowest BCUT2D eigenvalue weighted by atomic mass is 9.96. The van der Waals surface area contributed by atoms with E-state index in [1.165, 1.54) is 0 Å². The van der Waals surface area contributed by atoms with Gasteiger partial charge in [-0.05, 0) is 19.3 Å². The topological polar surface area (TPSA) is 73.0 Å². The number of rotatable bonds is 3. The van der Waals surface area contributed by atoms with Crippen molar-refractivity contribution in [3.05, 3.63) is 29.4 Å². The SMILES string of the molecule is O=C(Nc1cnn(CC(F)(F)F)c1)c1noc2c1CCCC2. The van der Waals surface area contributed by atoms with Crippen molar-refractivity contribution in [2.75, 3.05) is 5.32 Å². The number of aryl methyl sites for hydroxylation is 1. The first-order valence-corrected chi connectivity index (χ1v) is 6.80. The van der Waals surface area contributed by atoms with E-state index < -0.39 is 18.6 Å². The lowest BCUT2D eigenvalue weighted by Gasteiger charge is -2.08. The van der Waals surface area contributed by atoms with Crippen LogP contribution in [0.3, 0.4) is 0 Å². The zero-order chi connectivity index (χ0) is 15.7. The maximum atomic E-state index is 12.3. The summed E-state index contributed by atoms with van der Waals surface area (Å²) in [5.41, 5.74) is 1.16. The van der Waals surface area contributed by atoms with Crippen molar-refractivity contribution in [1.82, 2.24) is 14.9 Å². The second-order valence-electron chi connectivity index (χ2n) is 5.14. The summed E-state index contributed by atoms with van der Waals surface area (Å²) in [4.78, 5) is 12.1. The molecule has 0 saturated carbocycles. The number of aromatic nitrogens is 3. The molecule has 1 aliphatic carbocycles. The molecule has 0 spiro atoms. The molecular formula is C13H13F3N4O2. The second-order valence-corrected chi connectivity index (χ2v) is 5.14. The van der Waals surface area contributed by atoms with Gasteiger partial charge in [-0.1, -0.05) is 5.16 Å². The first-order valence-electron chi connectivity index (χ1n) is 6.80. The molecule has 22 heavy (non-hydrogen) atoms.